The fraction of sp³-hybridized carbons (Fsp3) is 0.381. The Morgan fingerprint density at radius 2 is 1.85 bits per heavy atom. The lowest BCUT2D eigenvalue weighted by molar-refractivity contribution is -1.02. The summed E-state index contributed by atoms with van der Waals surface area (Å²) < 4.78 is 5.13. The number of aryl methyl sites for hydroxylation is 1. The highest BCUT2D eigenvalue weighted by Crippen LogP contribution is 2.26. The first-order valence-electron chi connectivity index (χ1n) is 9.39. The fourth-order valence-electron chi connectivity index (χ4n) is 3.60. The molecule has 0 bridgehead atoms. The third kappa shape index (κ3) is 5.70. The van der Waals surface area contributed by atoms with Crippen LogP contribution in [0.4, 0.5) is 5.69 Å². The molecule has 1 heterocycles. The van der Waals surface area contributed by atoms with E-state index in [2.05, 4.69) is 36.5 Å². The molecule has 0 aliphatic carbocycles. The van der Waals surface area contributed by atoms with Gasteiger partial charge in [0, 0.05) is 11.3 Å². The van der Waals surface area contributed by atoms with Crippen LogP contribution in [0.2, 0.25) is 5.02 Å². The molecular weight excluding hydrogens is 362 g/mol. The topological polar surface area (TPSA) is 47.2 Å². The second-order valence-electron chi connectivity index (χ2n) is 7.24. The number of carbonyl (C=O) groups excluding carboxylic acids is 1. The molecule has 0 unspecified atom stereocenters. The van der Waals surface area contributed by atoms with Crippen LogP contribution in [0.25, 0.3) is 0 Å². The maximum atomic E-state index is 12.3. The van der Waals surface area contributed by atoms with Crippen LogP contribution >= 0.6 is 11.6 Å². The first-order chi connectivity index (χ1) is 13.0. The van der Waals surface area contributed by atoms with Crippen LogP contribution in [-0.4, -0.2) is 45.7 Å². The maximum absolute atomic E-state index is 12.3. The zero-order valence-corrected chi connectivity index (χ0v) is 16.7. The molecule has 1 saturated heterocycles. The lowest BCUT2D eigenvalue weighted by Gasteiger charge is -2.29. The summed E-state index contributed by atoms with van der Waals surface area (Å²) in [7, 11) is 1.57. The predicted molar refractivity (Wildman–Crippen MR) is 108 cm³/mol. The average molecular weight is 390 g/mol. The van der Waals surface area contributed by atoms with Gasteiger partial charge in [-0.1, -0.05) is 41.4 Å². The third-order valence-electron chi connectivity index (χ3n) is 5.05. The van der Waals surface area contributed by atoms with Crippen LogP contribution in [-0.2, 0) is 11.3 Å². The van der Waals surface area contributed by atoms with Gasteiger partial charge in [-0.2, -0.15) is 0 Å². The van der Waals surface area contributed by atoms with Crippen molar-refractivity contribution >= 4 is 23.2 Å². The van der Waals surface area contributed by atoms with E-state index < -0.39 is 0 Å². The van der Waals surface area contributed by atoms with Crippen molar-refractivity contribution in [3.05, 3.63) is 58.6 Å². The fourth-order valence-corrected chi connectivity index (χ4v) is 3.86. The van der Waals surface area contributed by atoms with Gasteiger partial charge in [0.25, 0.3) is 5.91 Å². The Kier molecular flexibility index (Phi) is 6.72. The summed E-state index contributed by atoms with van der Waals surface area (Å²) in [5.41, 5.74) is 3.41. The summed E-state index contributed by atoms with van der Waals surface area (Å²) >= 11 is 6.11. The molecule has 1 fully saturated rings. The van der Waals surface area contributed by atoms with Crippen LogP contribution in [0, 0.1) is 6.92 Å². The lowest BCUT2D eigenvalue weighted by atomic mass is 10.1. The van der Waals surface area contributed by atoms with Gasteiger partial charge in [-0.15, -0.1) is 0 Å². The summed E-state index contributed by atoms with van der Waals surface area (Å²) in [4.78, 5) is 15.3. The molecule has 1 amide bonds. The molecule has 144 valence electrons. The number of quaternary nitrogens is 2. The van der Waals surface area contributed by atoms with E-state index in [0.29, 0.717) is 23.0 Å². The van der Waals surface area contributed by atoms with Crippen molar-refractivity contribution in [1.82, 2.24) is 0 Å². The molecule has 6 heteroatoms. The van der Waals surface area contributed by atoms with Gasteiger partial charge in [-0.05, 0) is 25.1 Å². The van der Waals surface area contributed by atoms with E-state index in [-0.39, 0.29) is 5.91 Å². The minimum atomic E-state index is 0.0216. The van der Waals surface area contributed by atoms with Crippen LogP contribution in [0.15, 0.2) is 42.5 Å². The molecule has 0 aromatic heterocycles. The lowest BCUT2D eigenvalue weighted by Crippen LogP contribution is -3.28. The Balaban J connectivity index is 1.44. The number of halogens is 1. The number of piperazine rings is 1. The monoisotopic (exact) mass is 389 g/mol. The van der Waals surface area contributed by atoms with Crippen molar-refractivity contribution < 1.29 is 19.3 Å². The first kappa shape index (κ1) is 19.7. The van der Waals surface area contributed by atoms with E-state index in [1.807, 2.05) is 6.07 Å². The normalized spacial score (nSPS) is 19.5. The molecule has 5 nitrogen and oxygen atoms in total. The number of hydrogen-bond donors (Lipinski definition) is 3. The summed E-state index contributed by atoms with van der Waals surface area (Å²) in [5, 5.41) is 3.43. The van der Waals surface area contributed by atoms with Crippen molar-refractivity contribution in [2.45, 2.75) is 13.5 Å². The Labute approximate surface area is 165 Å². The second kappa shape index (κ2) is 9.22. The molecule has 27 heavy (non-hydrogen) atoms. The van der Waals surface area contributed by atoms with E-state index in [1.165, 1.54) is 16.0 Å². The smallest absolute Gasteiger partial charge is 0.279 e. The highest BCUT2D eigenvalue weighted by molar-refractivity contribution is 6.32. The van der Waals surface area contributed by atoms with Gasteiger partial charge >= 0.3 is 0 Å². The molecule has 0 radical (unpaired) electrons. The van der Waals surface area contributed by atoms with Crippen LogP contribution in [0.3, 0.4) is 0 Å². The minimum absolute atomic E-state index is 0.0216. The second-order valence-corrected chi connectivity index (χ2v) is 7.65. The molecule has 1 aliphatic rings. The maximum Gasteiger partial charge on any atom is 0.279 e. The standard InChI is InChI=1S/C21H26ClN3O2/c1-16-4-3-5-17(12-16)14-24-8-10-25(11-9-24)15-21(26)23-18-6-7-20(27-2)19(22)13-18/h3-7,12-13H,8-11,14-15H2,1-2H3,(H,23,26)/p+2. The number of ether oxygens (including phenoxy) is 1. The number of benzene rings is 2. The summed E-state index contributed by atoms with van der Waals surface area (Å²) in [6.45, 7) is 7.88. The van der Waals surface area contributed by atoms with Crippen molar-refractivity contribution in [2.24, 2.45) is 0 Å². The van der Waals surface area contributed by atoms with Crippen LogP contribution in [0.5, 0.6) is 5.75 Å². The van der Waals surface area contributed by atoms with Crippen molar-refractivity contribution in [3.63, 3.8) is 0 Å². The van der Waals surface area contributed by atoms with E-state index in [4.69, 9.17) is 16.3 Å². The molecule has 2 aromatic rings. The largest absolute Gasteiger partial charge is 0.495 e. The summed E-state index contributed by atoms with van der Waals surface area (Å²) in [6.07, 6.45) is 0. The predicted octanol–water partition coefficient (Wildman–Crippen LogP) is 0.579. The Morgan fingerprint density at radius 1 is 1.11 bits per heavy atom. The van der Waals surface area contributed by atoms with Crippen molar-refractivity contribution in [2.75, 3.05) is 45.2 Å². The zero-order chi connectivity index (χ0) is 19.2. The third-order valence-corrected chi connectivity index (χ3v) is 5.34. The number of hydrogen-bond acceptors (Lipinski definition) is 2. The van der Waals surface area contributed by atoms with E-state index >= 15 is 0 Å². The Morgan fingerprint density at radius 3 is 2.52 bits per heavy atom. The minimum Gasteiger partial charge on any atom is -0.495 e. The van der Waals surface area contributed by atoms with Crippen molar-refractivity contribution in [3.8, 4) is 5.75 Å². The molecule has 0 spiro atoms. The number of rotatable bonds is 6. The quantitative estimate of drug-likeness (QED) is 0.677. The summed E-state index contributed by atoms with van der Waals surface area (Å²) in [5.74, 6) is 0.626. The number of anilines is 1. The molecule has 0 saturated carbocycles. The van der Waals surface area contributed by atoms with Crippen LogP contribution < -0.4 is 19.9 Å². The molecule has 0 atom stereocenters. The van der Waals surface area contributed by atoms with Gasteiger partial charge in [0.05, 0.1) is 12.1 Å². The van der Waals surface area contributed by atoms with Gasteiger partial charge in [0.1, 0.15) is 38.5 Å². The number of carbonyl (C=O) groups is 1. The van der Waals surface area contributed by atoms with E-state index in [9.17, 15) is 4.79 Å². The van der Waals surface area contributed by atoms with Gasteiger partial charge in [-0.3, -0.25) is 4.79 Å². The van der Waals surface area contributed by atoms with Gasteiger partial charge < -0.3 is 19.9 Å². The molecule has 3 rings (SSSR count). The highest BCUT2D eigenvalue weighted by atomic mass is 35.5. The van der Waals surface area contributed by atoms with Crippen LogP contribution in [0.1, 0.15) is 11.1 Å². The molecular formula is C21H28ClN3O2+2. The van der Waals surface area contributed by atoms with Gasteiger partial charge in [-0.25, -0.2) is 0 Å². The van der Waals surface area contributed by atoms with E-state index in [1.54, 1.807) is 24.1 Å². The Hall–Kier alpha value is -2.08. The highest BCUT2D eigenvalue weighted by Gasteiger charge is 2.25. The SMILES string of the molecule is COc1ccc(NC(=O)C[NH+]2CC[NH+](Cc3cccc(C)c3)CC2)cc1Cl. The number of amides is 1. The first-order valence-corrected chi connectivity index (χ1v) is 9.77. The van der Waals surface area contributed by atoms with Crippen molar-refractivity contribution in [1.29, 1.82) is 0 Å². The average Bonchev–Trinajstić information content (AvgIpc) is 2.63. The van der Waals surface area contributed by atoms with Gasteiger partial charge in [0.15, 0.2) is 6.54 Å². The summed E-state index contributed by atoms with van der Waals surface area (Å²) in [6, 6.07) is 14.0. The molecule has 3 N–H and O–H groups in total. The van der Waals surface area contributed by atoms with E-state index in [0.717, 1.165) is 32.7 Å². The Bertz CT molecular complexity index is 789. The van der Waals surface area contributed by atoms with Gasteiger partial charge in [0.2, 0.25) is 0 Å². The number of nitrogens with one attached hydrogen (secondary N) is 3. The number of methoxy groups -OCH3 is 1. The molecule has 1 aliphatic heterocycles. The zero-order valence-electron chi connectivity index (χ0n) is 16.0. The molecule has 2 aromatic carbocycles.